The summed E-state index contributed by atoms with van der Waals surface area (Å²) in [5.74, 6) is 0.636. The zero-order valence-corrected chi connectivity index (χ0v) is 18.4. The van der Waals surface area contributed by atoms with E-state index in [-0.39, 0.29) is 29.6 Å². The van der Waals surface area contributed by atoms with Crippen molar-refractivity contribution in [3.8, 4) is 5.75 Å². The molecule has 4 nitrogen and oxygen atoms in total. The van der Waals surface area contributed by atoms with Crippen molar-refractivity contribution in [1.82, 2.24) is 4.90 Å². The number of amides is 1. The fourth-order valence-corrected chi connectivity index (χ4v) is 3.48. The predicted octanol–water partition coefficient (Wildman–Crippen LogP) is 6.87. The van der Waals surface area contributed by atoms with Crippen LogP contribution in [0.5, 0.6) is 5.75 Å². The van der Waals surface area contributed by atoms with Crippen molar-refractivity contribution >= 4 is 17.5 Å². The second kappa shape index (κ2) is 11.6. The summed E-state index contributed by atoms with van der Waals surface area (Å²) in [5.41, 5.74) is 0.758. The number of ether oxygens (including phenoxy) is 1. The first-order valence-corrected chi connectivity index (χ1v) is 10.9. The monoisotopic (exact) mass is 443 g/mol. The van der Waals surface area contributed by atoms with Gasteiger partial charge in [-0.25, -0.2) is 4.39 Å². The number of halogens is 2. The number of nitrogens with zero attached hydrogens (tertiary/aromatic N) is 1. The van der Waals surface area contributed by atoms with Gasteiger partial charge in [0.15, 0.2) is 0 Å². The lowest BCUT2D eigenvalue weighted by Gasteiger charge is -2.23. The lowest BCUT2D eigenvalue weighted by atomic mass is 10.1. The molecule has 0 aliphatic rings. The van der Waals surface area contributed by atoms with Crippen molar-refractivity contribution in [3.63, 3.8) is 0 Å². The van der Waals surface area contributed by atoms with E-state index in [9.17, 15) is 9.18 Å². The fourth-order valence-electron chi connectivity index (χ4n) is 3.26. The number of carbonyl (C=O) groups excluding carboxylic acids is 1. The number of hydrogen-bond donors (Lipinski definition) is 0. The second-order valence-electron chi connectivity index (χ2n) is 7.37. The second-order valence-corrected chi connectivity index (χ2v) is 7.78. The lowest BCUT2D eigenvalue weighted by Crippen LogP contribution is -2.30. The molecule has 2 aromatic carbocycles. The van der Waals surface area contributed by atoms with Crippen LogP contribution in [0.15, 0.2) is 65.3 Å². The van der Waals surface area contributed by atoms with E-state index in [1.54, 1.807) is 54.8 Å². The molecule has 0 radical (unpaired) electrons. The van der Waals surface area contributed by atoms with E-state index in [4.69, 9.17) is 20.8 Å². The Hall–Kier alpha value is -2.79. The van der Waals surface area contributed by atoms with Crippen LogP contribution >= 0.6 is 11.6 Å². The van der Waals surface area contributed by atoms with E-state index >= 15 is 0 Å². The minimum absolute atomic E-state index is 0.0285. The summed E-state index contributed by atoms with van der Waals surface area (Å²) in [6.07, 6.45) is 6.08. The minimum Gasteiger partial charge on any atom is -0.494 e. The molecule has 0 atom stereocenters. The molecule has 0 unspecified atom stereocenters. The average molecular weight is 444 g/mol. The van der Waals surface area contributed by atoms with Crippen LogP contribution in [0, 0.1) is 5.82 Å². The Morgan fingerprint density at radius 3 is 2.52 bits per heavy atom. The summed E-state index contributed by atoms with van der Waals surface area (Å²) in [5, 5.41) is 0.282. The molecule has 1 heterocycles. The number of furan rings is 1. The Labute approximate surface area is 187 Å². The highest BCUT2D eigenvalue weighted by molar-refractivity contribution is 6.31. The van der Waals surface area contributed by atoms with Crippen molar-refractivity contribution in [3.05, 3.63) is 88.6 Å². The van der Waals surface area contributed by atoms with E-state index in [0.29, 0.717) is 17.9 Å². The van der Waals surface area contributed by atoms with Crippen molar-refractivity contribution in [2.75, 3.05) is 6.61 Å². The maximum absolute atomic E-state index is 14.3. The molecule has 0 saturated carbocycles. The first-order chi connectivity index (χ1) is 15.1. The van der Waals surface area contributed by atoms with Gasteiger partial charge in [-0.15, -0.1) is 0 Å². The third kappa shape index (κ3) is 6.59. The number of rotatable bonds is 11. The summed E-state index contributed by atoms with van der Waals surface area (Å²) in [4.78, 5) is 14.7. The Kier molecular flexibility index (Phi) is 8.53. The van der Waals surface area contributed by atoms with Gasteiger partial charge in [0, 0.05) is 16.1 Å². The molecule has 0 spiro atoms. The molecule has 0 aliphatic carbocycles. The fraction of sp³-hybridized carbons (Fsp3) is 0.320. The van der Waals surface area contributed by atoms with Gasteiger partial charge in [0.2, 0.25) is 0 Å². The third-order valence-corrected chi connectivity index (χ3v) is 5.35. The summed E-state index contributed by atoms with van der Waals surface area (Å²) in [7, 11) is 0. The zero-order chi connectivity index (χ0) is 22.1. The Morgan fingerprint density at radius 1 is 1.03 bits per heavy atom. The van der Waals surface area contributed by atoms with Gasteiger partial charge in [-0.05, 0) is 55.0 Å². The van der Waals surface area contributed by atoms with Gasteiger partial charge in [-0.3, -0.25) is 4.79 Å². The van der Waals surface area contributed by atoms with Gasteiger partial charge in [0.25, 0.3) is 5.91 Å². The highest BCUT2D eigenvalue weighted by atomic mass is 35.5. The summed E-state index contributed by atoms with van der Waals surface area (Å²) in [6.45, 7) is 3.06. The van der Waals surface area contributed by atoms with Crippen LogP contribution in [0.3, 0.4) is 0 Å². The van der Waals surface area contributed by atoms with Crippen molar-refractivity contribution in [2.24, 2.45) is 0 Å². The van der Waals surface area contributed by atoms with Gasteiger partial charge in [-0.1, -0.05) is 43.9 Å². The Bertz CT molecular complexity index is 937. The molecule has 0 saturated heterocycles. The van der Waals surface area contributed by atoms with Gasteiger partial charge in [-0.2, -0.15) is 0 Å². The molecule has 1 aromatic heterocycles. The summed E-state index contributed by atoms with van der Waals surface area (Å²) >= 11 is 6.19. The number of benzene rings is 2. The van der Waals surface area contributed by atoms with E-state index in [1.807, 2.05) is 0 Å². The van der Waals surface area contributed by atoms with Crippen molar-refractivity contribution in [1.29, 1.82) is 0 Å². The van der Waals surface area contributed by atoms with Crippen LogP contribution in [0.4, 0.5) is 4.39 Å². The molecule has 164 valence electrons. The van der Waals surface area contributed by atoms with Crippen molar-refractivity contribution < 1.29 is 18.3 Å². The number of carbonyl (C=O) groups is 1. The minimum atomic E-state index is -0.448. The van der Waals surface area contributed by atoms with Gasteiger partial charge in [0.05, 0.1) is 26.0 Å². The van der Waals surface area contributed by atoms with E-state index < -0.39 is 5.82 Å². The van der Waals surface area contributed by atoms with Crippen LogP contribution in [-0.2, 0) is 13.1 Å². The molecule has 0 N–H and O–H groups in total. The molecule has 3 aromatic rings. The topological polar surface area (TPSA) is 42.7 Å². The van der Waals surface area contributed by atoms with Crippen LogP contribution in [0.2, 0.25) is 5.02 Å². The standard InChI is InChI=1S/C25H27ClFNO3/c1-2-3-4-5-15-30-20-13-11-19(12-14-20)25(29)28(17-21-8-7-16-31-21)18-22-23(26)9-6-10-24(22)27/h6-14,16H,2-5,15,17-18H2,1H3. The molecular formula is C25H27ClFNO3. The maximum atomic E-state index is 14.3. The lowest BCUT2D eigenvalue weighted by molar-refractivity contribution is 0.0716. The molecule has 0 bridgehead atoms. The molecule has 3 rings (SSSR count). The number of unbranched alkanes of at least 4 members (excludes halogenated alkanes) is 3. The third-order valence-electron chi connectivity index (χ3n) is 4.99. The number of hydrogen-bond acceptors (Lipinski definition) is 3. The van der Waals surface area contributed by atoms with E-state index in [1.165, 1.54) is 23.8 Å². The Morgan fingerprint density at radius 2 is 1.84 bits per heavy atom. The first kappa shape index (κ1) is 22.9. The largest absolute Gasteiger partial charge is 0.494 e. The predicted molar refractivity (Wildman–Crippen MR) is 120 cm³/mol. The normalized spacial score (nSPS) is 10.8. The summed E-state index contributed by atoms with van der Waals surface area (Å²) in [6, 6.07) is 15.0. The van der Waals surface area contributed by atoms with Crippen LogP contribution in [-0.4, -0.2) is 17.4 Å². The molecule has 6 heteroatoms. The van der Waals surface area contributed by atoms with Gasteiger partial charge in [0.1, 0.15) is 17.3 Å². The van der Waals surface area contributed by atoms with Crippen LogP contribution < -0.4 is 4.74 Å². The highest BCUT2D eigenvalue weighted by Gasteiger charge is 2.21. The average Bonchev–Trinajstić information content (AvgIpc) is 3.28. The SMILES string of the molecule is CCCCCCOc1ccc(C(=O)N(Cc2ccco2)Cc2c(F)cccc2Cl)cc1. The quantitative estimate of drug-likeness (QED) is 0.303. The Balaban J connectivity index is 1.72. The van der Waals surface area contributed by atoms with Crippen molar-refractivity contribution in [2.45, 2.75) is 45.7 Å². The molecule has 31 heavy (non-hydrogen) atoms. The molecule has 1 amide bonds. The molecule has 0 aliphatic heterocycles. The first-order valence-electron chi connectivity index (χ1n) is 10.6. The van der Waals surface area contributed by atoms with Gasteiger partial charge < -0.3 is 14.1 Å². The zero-order valence-electron chi connectivity index (χ0n) is 17.7. The maximum Gasteiger partial charge on any atom is 0.254 e. The van der Waals surface area contributed by atoms with Crippen LogP contribution in [0.1, 0.15) is 54.3 Å². The molecule has 0 fully saturated rings. The van der Waals surface area contributed by atoms with E-state index in [0.717, 1.165) is 18.6 Å². The van der Waals surface area contributed by atoms with Crippen LogP contribution in [0.25, 0.3) is 0 Å². The highest BCUT2D eigenvalue weighted by Crippen LogP contribution is 2.24. The summed E-state index contributed by atoms with van der Waals surface area (Å²) < 4.78 is 25.5. The molecular weight excluding hydrogens is 417 g/mol. The van der Waals surface area contributed by atoms with E-state index in [2.05, 4.69) is 6.92 Å². The van der Waals surface area contributed by atoms with Gasteiger partial charge >= 0.3 is 0 Å². The smallest absolute Gasteiger partial charge is 0.254 e.